The average Bonchev–Trinajstić information content (AvgIpc) is 2.65. The molecule has 1 N–H and O–H groups in total. The van der Waals surface area contributed by atoms with E-state index in [-0.39, 0.29) is 0 Å². The molecule has 7 nitrogen and oxygen atoms in total. The molecule has 1 aliphatic rings. The number of rotatable bonds is 4. The fourth-order valence-electron chi connectivity index (χ4n) is 1.99. The number of benzene rings is 1. The molecule has 116 valence electrons. The van der Waals surface area contributed by atoms with Crippen LogP contribution >= 0.6 is 11.6 Å². The zero-order chi connectivity index (χ0) is 16.4. The molecule has 0 atom stereocenters. The first kappa shape index (κ1) is 16.0. The van der Waals surface area contributed by atoms with Gasteiger partial charge in [0.2, 0.25) is 5.91 Å². The minimum atomic E-state index is -0.995. The average molecular weight is 324 g/mol. The van der Waals surface area contributed by atoms with Gasteiger partial charge in [-0.1, -0.05) is 11.6 Å². The molecular weight excluding hydrogens is 310 g/mol. The van der Waals surface area contributed by atoms with Crippen molar-refractivity contribution < 1.29 is 19.2 Å². The van der Waals surface area contributed by atoms with Crippen LogP contribution < -0.4 is 5.32 Å². The molecule has 0 saturated carbocycles. The third kappa shape index (κ3) is 3.09. The zero-order valence-corrected chi connectivity index (χ0v) is 12.8. The van der Waals surface area contributed by atoms with Gasteiger partial charge in [0.1, 0.15) is 6.54 Å². The Hall–Kier alpha value is -2.41. The second-order valence-corrected chi connectivity index (χ2v) is 5.43. The largest absolute Gasteiger partial charge is 0.334 e. The SMILES string of the molecule is CC(C)N1C(=O)C(=O)N(CC(=O)Nc2ccc(Cl)cc2)C1=O. The first-order valence-corrected chi connectivity index (χ1v) is 6.93. The van der Waals surface area contributed by atoms with Gasteiger partial charge in [-0.15, -0.1) is 0 Å². The highest BCUT2D eigenvalue weighted by atomic mass is 35.5. The zero-order valence-electron chi connectivity index (χ0n) is 12.0. The number of imide groups is 2. The van der Waals surface area contributed by atoms with Crippen molar-refractivity contribution in [2.45, 2.75) is 19.9 Å². The molecule has 8 heteroatoms. The van der Waals surface area contributed by atoms with Crippen molar-refractivity contribution in [2.24, 2.45) is 0 Å². The van der Waals surface area contributed by atoms with Gasteiger partial charge in [-0.25, -0.2) is 9.69 Å². The van der Waals surface area contributed by atoms with Crippen LogP contribution in [0.4, 0.5) is 10.5 Å². The van der Waals surface area contributed by atoms with Crippen LogP contribution in [0.15, 0.2) is 24.3 Å². The Morgan fingerprint density at radius 1 is 1.14 bits per heavy atom. The Morgan fingerprint density at radius 3 is 2.23 bits per heavy atom. The summed E-state index contributed by atoms with van der Waals surface area (Å²) in [7, 11) is 0. The van der Waals surface area contributed by atoms with E-state index >= 15 is 0 Å². The number of nitrogens with one attached hydrogen (secondary N) is 1. The van der Waals surface area contributed by atoms with Gasteiger partial charge >= 0.3 is 17.8 Å². The maximum atomic E-state index is 12.0. The van der Waals surface area contributed by atoms with Gasteiger partial charge in [-0.05, 0) is 38.1 Å². The summed E-state index contributed by atoms with van der Waals surface area (Å²) in [5.41, 5.74) is 0.473. The Labute approximate surface area is 131 Å². The summed E-state index contributed by atoms with van der Waals surface area (Å²) in [6, 6.07) is 5.11. The molecule has 1 aliphatic heterocycles. The number of halogens is 1. The van der Waals surface area contributed by atoms with Crippen LogP contribution in [0.2, 0.25) is 5.02 Å². The minimum absolute atomic E-state index is 0.451. The van der Waals surface area contributed by atoms with Gasteiger partial charge in [-0.2, -0.15) is 0 Å². The van der Waals surface area contributed by atoms with Crippen molar-refractivity contribution in [2.75, 3.05) is 11.9 Å². The second-order valence-electron chi connectivity index (χ2n) is 5.00. The first-order chi connectivity index (χ1) is 10.3. The van der Waals surface area contributed by atoms with E-state index in [1.54, 1.807) is 38.1 Å². The molecule has 5 amide bonds. The lowest BCUT2D eigenvalue weighted by atomic mass is 10.3. The van der Waals surface area contributed by atoms with Crippen molar-refractivity contribution in [3.05, 3.63) is 29.3 Å². The molecule has 22 heavy (non-hydrogen) atoms. The molecule has 2 rings (SSSR count). The minimum Gasteiger partial charge on any atom is -0.325 e. The molecule has 1 aromatic rings. The normalized spacial score (nSPS) is 15.0. The van der Waals surface area contributed by atoms with Gasteiger partial charge in [-0.3, -0.25) is 19.3 Å². The molecule has 0 unspecified atom stereocenters. The second kappa shape index (κ2) is 6.15. The molecule has 1 fully saturated rings. The van der Waals surface area contributed by atoms with Crippen LogP contribution in [0.5, 0.6) is 0 Å². The summed E-state index contributed by atoms with van der Waals surface area (Å²) < 4.78 is 0. The molecule has 1 saturated heterocycles. The fraction of sp³-hybridized carbons (Fsp3) is 0.286. The Kier molecular flexibility index (Phi) is 4.46. The van der Waals surface area contributed by atoms with E-state index in [0.717, 1.165) is 4.90 Å². The van der Waals surface area contributed by atoms with Gasteiger partial charge < -0.3 is 5.32 Å². The Balaban J connectivity index is 2.05. The van der Waals surface area contributed by atoms with Crippen LogP contribution in [0.3, 0.4) is 0 Å². The molecule has 0 bridgehead atoms. The number of hydrogen-bond acceptors (Lipinski definition) is 4. The quantitative estimate of drug-likeness (QED) is 0.671. The summed E-state index contributed by atoms with van der Waals surface area (Å²) in [6.45, 7) is 2.70. The molecule has 0 aliphatic carbocycles. The molecule has 0 aromatic heterocycles. The number of carbonyl (C=O) groups excluding carboxylic acids is 4. The van der Waals surface area contributed by atoms with E-state index in [9.17, 15) is 19.2 Å². The van der Waals surface area contributed by atoms with Crippen molar-refractivity contribution in [3.63, 3.8) is 0 Å². The topological polar surface area (TPSA) is 86.8 Å². The lowest BCUT2D eigenvalue weighted by molar-refractivity contribution is -0.144. The van der Waals surface area contributed by atoms with E-state index in [4.69, 9.17) is 11.6 Å². The third-order valence-electron chi connectivity index (χ3n) is 3.03. The van der Waals surface area contributed by atoms with Crippen LogP contribution in [0.25, 0.3) is 0 Å². The number of hydrogen-bond donors (Lipinski definition) is 1. The van der Waals surface area contributed by atoms with Crippen molar-refractivity contribution in [3.8, 4) is 0 Å². The molecule has 0 spiro atoms. The van der Waals surface area contributed by atoms with Crippen molar-refractivity contribution in [1.82, 2.24) is 9.80 Å². The van der Waals surface area contributed by atoms with Crippen molar-refractivity contribution >= 4 is 41.0 Å². The van der Waals surface area contributed by atoms with E-state index in [2.05, 4.69) is 5.32 Å². The number of amides is 5. The summed E-state index contributed by atoms with van der Waals surface area (Å²) in [5.74, 6) is -2.49. The highest BCUT2D eigenvalue weighted by molar-refractivity contribution is 6.45. The number of urea groups is 1. The van der Waals surface area contributed by atoms with Crippen LogP contribution in [-0.2, 0) is 14.4 Å². The maximum Gasteiger partial charge on any atom is 0.334 e. The summed E-state index contributed by atoms with van der Waals surface area (Å²) in [4.78, 5) is 48.9. The Bertz CT molecular complexity index is 642. The number of anilines is 1. The summed E-state index contributed by atoms with van der Waals surface area (Å²) >= 11 is 5.73. The van der Waals surface area contributed by atoms with Crippen LogP contribution in [-0.4, -0.2) is 46.1 Å². The summed E-state index contributed by atoms with van der Waals surface area (Å²) in [5, 5.41) is 3.04. The molecular formula is C14H14ClN3O4. The summed E-state index contributed by atoms with van der Waals surface area (Å²) in [6.07, 6.45) is 0. The molecule has 0 radical (unpaired) electrons. The van der Waals surface area contributed by atoms with Gasteiger partial charge in [0, 0.05) is 16.8 Å². The molecule has 1 heterocycles. The van der Waals surface area contributed by atoms with E-state index in [1.165, 1.54) is 0 Å². The van der Waals surface area contributed by atoms with Gasteiger partial charge in [0.25, 0.3) is 0 Å². The molecule has 1 aromatic carbocycles. The maximum absolute atomic E-state index is 12.0. The predicted molar refractivity (Wildman–Crippen MR) is 79.2 cm³/mol. The fourth-order valence-corrected chi connectivity index (χ4v) is 2.12. The van der Waals surface area contributed by atoms with Gasteiger partial charge in [0.15, 0.2) is 0 Å². The van der Waals surface area contributed by atoms with Crippen molar-refractivity contribution in [1.29, 1.82) is 0 Å². The lowest BCUT2D eigenvalue weighted by Crippen LogP contribution is -2.40. The van der Waals surface area contributed by atoms with E-state index in [1.807, 2.05) is 0 Å². The van der Waals surface area contributed by atoms with E-state index in [0.29, 0.717) is 15.6 Å². The highest BCUT2D eigenvalue weighted by Crippen LogP contribution is 2.16. The number of nitrogens with zero attached hydrogens (tertiary/aromatic N) is 2. The third-order valence-corrected chi connectivity index (χ3v) is 3.28. The van der Waals surface area contributed by atoms with Crippen LogP contribution in [0, 0.1) is 0 Å². The monoisotopic (exact) mass is 323 g/mol. The highest BCUT2D eigenvalue weighted by Gasteiger charge is 2.46. The number of carbonyl (C=O) groups is 4. The van der Waals surface area contributed by atoms with E-state index < -0.39 is 36.3 Å². The van der Waals surface area contributed by atoms with Crippen LogP contribution in [0.1, 0.15) is 13.8 Å². The first-order valence-electron chi connectivity index (χ1n) is 6.55. The lowest BCUT2D eigenvalue weighted by Gasteiger charge is -2.18. The predicted octanol–water partition coefficient (Wildman–Crippen LogP) is 1.48. The standard InChI is InChI=1S/C14H14ClN3O4/c1-8(2)18-13(21)12(20)17(14(18)22)7-11(19)16-10-5-3-9(15)4-6-10/h3-6,8H,7H2,1-2H3,(H,16,19). The smallest absolute Gasteiger partial charge is 0.325 e. The Morgan fingerprint density at radius 2 is 1.73 bits per heavy atom. The van der Waals surface area contributed by atoms with Gasteiger partial charge in [0.05, 0.1) is 0 Å².